The lowest BCUT2D eigenvalue weighted by molar-refractivity contribution is -0.142. The number of sulfonamides is 1. The highest BCUT2D eigenvalue weighted by atomic mass is 32.2. The molecular formula is C39H49N7O9S. The minimum absolute atomic E-state index is 0.0165. The van der Waals surface area contributed by atoms with Crippen molar-refractivity contribution >= 4 is 44.7 Å². The molecule has 4 N–H and O–H groups in total. The average molecular weight is 792 g/mol. The van der Waals surface area contributed by atoms with E-state index < -0.39 is 68.2 Å². The van der Waals surface area contributed by atoms with Crippen LogP contribution in [-0.4, -0.2) is 98.9 Å². The Kier molecular flexibility index (Phi) is 10.5. The number of nitrogens with zero attached hydrogens (tertiary/aromatic N) is 4. The number of carbonyl (C=O) groups is 4. The van der Waals surface area contributed by atoms with Crippen LogP contribution < -0.4 is 24.8 Å². The molecule has 7 rings (SSSR count). The van der Waals surface area contributed by atoms with Gasteiger partial charge in [0.15, 0.2) is 0 Å². The van der Waals surface area contributed by atoms with E-state index in [2.05, 4.69) is 20.3 Å². The second-order valence-electron chi connectivity index (χ2n) is 15.9. The molecule has 4 amide bonds. The topological polar surface area (TPSA) is 211 Å². The van der Waals surface area contributed by atoms with Gasteiger partial charge in [0, 0.05) is 42.3 Å². The Morgan fingerprint density at radius 1 is 1.16 bits per heavy atom. The van der Waals surface area contributed by atoms with Crippen molar-refractivity contribution in [2.24, 2.45) is 17.8 Å². The van der Waals surface area contributed by atoms with E-state index >= 15 is 0 Å². The van der Waals surface area contributed by atoms with Gasteiger partial charge < -0.3 is 34.7 Å². The van der Waals surface area contributed by atoms with Gasteiger partial charge >= 0.3 is 6.09 Å². The van der Waals surface area contributed by atoms with E-state index in [9.17, 15) is 32.7 Å². The summed E-state index contributed by atoms with van der Waals surface area (Å²) in [5, 5.41) is 16.0. The summed E-state index contributed by atoms with van der Waals surface area (Å²) in [7, 11) is -2.47. The minimum Gasteiger partial charge on any atom is -0.497 e. The fraction of sp³-hybridized carbons (Fsp3) is 0.538. The quantitative estimate of drug-likeness (QED) is 0.230. The minimum atomic E-state index is -4.02. The van der Waals surface area contributed by atoms with Crippen molar-refractivity contribution in [3.63, 3.8) is 0 Å². The smallest absolute Gasteiger partial charge is 0.405 e. The van der Waals surface area contributed by atoms with Crippen LogP contribution in [0, 0.1) is 17.8 Å². The standard InChI is InChI=1S/C39H49N7O9S/c1-5-24-16-23(2)8-6-7-9-25-20-39(25,36(49)44-56(52,53)38(3)12-13-38)43-34(47)31-18-27(21-46(31)35(48)33(24)42-37(50)51)55-32-19-30(45-15-14-40-22-45)28-11-10-26(54-4)17-29(28)41-32/h7,9-11,14-15,17,19,22-25,27,31,33,42H,5-6,8,12-13,16,18,20-21H2,1-4H3,(H,43,47)(H,44,49)(H,50,51)/t23-,24-,25-,27-,31+,33+,39-/m1/s1. The lowest BCUT2D eigenvalue weighted by Gasteiger charge is -2.33. The zero-order valence-corrected chi connectivity index (χ0v) is 32.8. The Labute approximate surface area is 325 Å². The molecule has 7 atom stereocenters. The molecule has 56 heavy (non-hydrogen) atoms. The van der Waals surface area contributed by atoms with Crippen LogP contribution in [0.3, 0.4) is 0 Å². The number of methoxy groups -OCH3 is 1. The molecule has 0 unspecified atom stereocenters. The summed E-state index contributed by atoms with van der Waals surface area (Å²) in [6, 6.07) is 4.84. The summed E-state index contributed by atoms with van der Waals surface area (Å²) < 4.78 is 41.3. The number of rotatable bonds is 9. The van der Waals surface area contributed by atoms with Crippen molar-refractivity contribution in [3.8, 4) is 17.3 Å². The monoisotopic (exact) mass is 791 g/mol. The fourth-order valence-corrected chi connectivity index (χ4v) is 9.40. The lowest BCUT2D eigenvalue weighted by atomic mass is 9.85. The molecule has 17 heteroatoms. The molecule has 3 aromatic rings. The van der Waals surface area contributed by atoms with E-state index in [0.717, 1.165) is 11.8 Å². The Hall–Kier alpha value is -5.19. The Balaban J connectivity index is 1.24. The molecule has 2 aliphatic carbocycles. The first-order chi connectivity index (χ1) is 26.7. The third-order valence-electron chi connectivity index (χ3n) is 11.9. The molecule has 0 radical (unpaired) electrons. The molecule has 0 bridgehead atoms. The second kappa shape index (κ2) is 15.0. The van der Waals surface area contributed by atoms with Crippen molar-refractivity contribution < 1.29 is 42.2 Å². The molecule has 1 saturated heterocycles. The molecule has 300 valence electrons. The van der Waals surface area contributed by atoms with E-state index in [0.29, 0.717) is 49.1 Å². The summed E-state index contributed by atoms with van der Waals surface area (Å²) >= 11 is 0. The first-order valence-corrected chi connectivity index (χ1v) is 20.6. The van der Waals surface area contributed by atoms with Crippen molar-refractivity contribution in [2.45, 2.75) is 101 Å². The summed E-state index contributed by atoms with van der Waals surface area (Å²) in [6.07, 6.45) is 10.1. The number of carbonyl (C=O) groups excluding carboxylic acids is 3. The highest BCUT2D eigenvalue weighted by Crippen LogP contribution is 2.47. The summed E-state index contributed by atoms with van der Waals surface area (Å²) in [4.78, 5) is 65.5. The number of fused-ring (bicyclic) bond motifs is 3. The predicted octanol–water partition coefficient (Wildman–Crippen LogP) is 3.69. The zero-order chi connectivity index (χ0) is 40.0. The van der Waals surface area contributed by atoms with Gasteiger partial charge in [-0.1, -0.05) is 32.4 Å². The van der Waals surface area contributed by atoms with Crippen LogP contribution in [0.2, 0.25) is 0 Å². The maximum atomic E-state index is 14.6. The van der Waals surface area contributed by atoms with Gasteiger partial charge in [0.25, 0.3) is 5.91 Å². The van der Waals surface area contributed by atoms with Crippen molar-refractivity contribution in [1.82, 2.24) is 34.8 Å². The van der Waals surface area contributed by atoms with Gasteiger partial charge in [0.2, 0.25) is 27.7 Å². The van der Waals surface area contributed by atoms with Crippen LogP contribution in [0.4, 0.5) is 4.79 Å². The van der Waals surface area contributed by atoms with Crippen LogP contribution >= 0.6 is 0 Å². The summed E-state index contributed by atoms with van der Waals surface area (Å²) in [5.74, 6) is -2.04. The number of ether oxygens (including phenoxy) is 2. The number of imidazole rings is 1. The zero-order valence-electron chi connectivity index (χ0n) is 31.9. The predicted molar refractivity (Wildman–Crippen MR) is 205 cm³/mol. The Morgan fingerprint density at radius 2 is 1.95 bits per heavy atom. The van der Waals surface area contributed by atoms with Gasteiger partial charge in [-0.2, -0.15) is 0 Å². The van der Waals surface area contributed by atoms with Crippen molar-refractivity contribution in [2.75, 3.05) is 13.7 Å². The third kappa shape index (κ3) is 7.64. The number of aromatic nitrogens is 3. The highest BCUT2D eigenvalue weighted by molar-refractivity contribution is 7.91. The first-order valence-electron chi connectivity index (χ1n) is 19.2. The van der Waals surface area contributed by atoms with Crippen molar-refractivity contribution in [1.29, 1.82) is 0 Å². The third-order valence-corrected chi connectivity index (χ3v) is 14.1. The highest BCUT2D eigenvalue weighted by Gasteiger charge is 2.63. The first kappa shape index (κ1) is 39.1. The molecule has 2 aliphatic heterocycles. The maximum absolute atomic E-state index is 14.6. The number of benzene rings is 1. The molecule has 1 aromatic carbocycles. The van der Waals surface area contributed by atoms with Crippen LogP contribution in [0.15, 0.2) is 55.1 Å². The van der Waals surface area contributed by atoms with Crippen LogP contribution in [0.25, 0.3) is 16.6 Å². The van der Waals surface area contributed by atoms with Gasteiger partial charge in [-0.3, -0.25) is 19.1 Å². The van der Waals surface area contributed by atoms with E-state index in [-0.39, 0.29) is 37.1 Å². The number of carboxylic acid groups (broad SMARTS) is 1. The molecule has 0 spiro atoms. The summed E-state index contributed by atoms with van der Waals surface area (Å²) in [6.45, 7) is 5.44. The van der Waals surface area contributed by atoms with E-state index in [4.69, 9.17) is 14.5 Å². The number of allylic oxidation sites excluding steroid dienone is 1. The molecule has 2 saturated carbocycles. The summed E-state index contributed by atoms with van der Waals surface area (Å²) in [5.41, 5.74) is -0.281. The molecule has 3 fully saturated rings. The van der Waals surface area contributed by atoms with Crippen LogP contribution in [0.1, 0.15) is 72.1 Å². The maximum Gasteiger partial charge on any atom is 0.405 e. The van der Waals surface area contributed by atoms with Gasteiger partial charge in [-0.25, -0.2) is 23.2 Å². The average Bonchev–Trinajstić information content (AvgIpc) is 3.91. The van der Waals surface area contributed by atoms with E-state index in [1.54, 1.807) is 44.9 Å². The molecule has 4 heterocycles. The molecule has 16 nitrogen and oxygen atoms in total. The van der Waals surface area contributed by atoms with Gasteiger partial charge in [0.1, 0.15) is 29.5 Å². The van der Waals surface area contributed by atoms with Crippen LogP contribution in [-0.2, 0) is 24.4 Å². The van der Waals surface area contributed by atoms with Gasteiger partial charge in [-0.05, 0) is 69.4 Å². The Bertz CT molecular complexity index is 2160. The molecule has 2 aromatic heterocycles. The number of pyridine rings is 1. The van der Waals surface area contributed by atoms with Crippen molar-refractivity contribution in [3.05, 3.63) is 55.1 Å². The number of nitrogens with one attached hydrogen (secondary N) is 3. The fourth-order valence-electron chi connectivity index (χ4n) is 8.09. The molecular weight excluding hydrogens is 743 g/mol. The second-order valence-corrected chi connectivity index (χ2v) is 18.1. The lowest BCUT2D eigenvalue weighted by Crippen LogP contribution is -2.59. The number of hydrogen-bond acceptors (Lipinski definition) is 10. The molecule has 4 aliphatic rings. The van der Waals surface area contributed by atoms with Gasteiger partial charge in [0.05, 0.1) is 35.9 Å². The SMILES string of the molecule is CC[C@@H]1C[C@H](C)CCC=C[C@@H]2C[C@@]2(C(=O)NS(=O)(=O)C2(C)CC2)NC(=O)[C@@H]2C[C@@H](Oc3cc(-n4ccnc4)c4ccc(OC)cc4n3)CN2C(=O)[C@H]1NC(=O)O. The Morgan fingerprint density at radius 3 is 2.62 bits per heavy atom. The normalized spacial score (nSPS) is 28.9. The van der Waals surface area contributed by atoms with Gasteiger partial charge in [-0.15, -0.1) is 0 Å². The van der Waals surface area contributed by atoms with E-state index in [1.807, 2.05) is 42.7 Å². The number of hydrogen-bond donors (Lipinski definition) is 4. The van der Waals surface area contributed by atoms with E-state index in [1.165, 1.54) is 4.90 Å². The largest absolute Gasteiger partial charge is 0.497 e. The van der Waals surface area contributed by atoms with Crippen LogP contribution in [0.5, 0.6) is 11.6 Å². The number of amides is 4.